The third kappa shape index (κ3) is 4.24. The van der Waals surface area contributed by atoms with E-state index in [0.29, 0.717) is 51.2 Å². The van der Waals surface area contributed by atoms with E-state index < -0.39 is 0 Å². The molecule has 0 spiro atoms. The zero-order valence-corrected chi connectivity index (χ0v) is 19.2. The minimum absolute atomic E-state index is 0.624. The molecule has 1 aromatic carbocycles. The van der Waals surface area contributed by atoms with Crippen LogP contribution in [0.3, 0.4) is 0 Å². The predicted octanol–water partition coefficient (Wildman–Crippen LogP) is 1.60. The zero-order chi connectivity index (χ0) is 22.7. The van der Waals surface area contributed by atoms with E-state index in [-0.39, 0.29) is 0 Å². The van der Waals surface area contributed by atoms with Crippen molar-refractivity contribution < 1.29 is 14.2 Å². The van der Waals surface area contributed by atoms with Crippen LogP contribution in [0, 0.1) is 0 Å². The third-order valence-electron chi connectivity index (χ3n) is 6.45. The summed E-state index contributed by atoms with van der Waals surface area (Å²) in [5.41, 5.74) is 3.24. The van der Waals surface area contributed by atoms with E-state index >= 15 is 0 Å². The summed E-state index contributed by atoms with van der Waals surface area (Å²) in [5.74, 6) is 2.36. The second-order valence-corrected chi connectivity index (χ2v) is 8.58. The number of ether oxygens (including phenoxy) is 3. The molecule has 10 nitrogen and oxygen atoms in total. The molecule has 34 heavy (non-hydrogen) atoms. The van der Waals surface area contributed by atoms with Gasteiger partial charge in [0.1, 0.15) is 5.69 Å². The number of rotatable bonds is 4. The van der Waals surface area contributed by atoms with Crippen LogP contribution in [0.4, 0.5) is 17.6 Å². The lowest BCUT2D eigenvalue weighted by molar-refractivity contribution is 0.121. The molecular formula is C24H29N7O3. The fourth-order valence-corrected chi connectivity index (χ4v) is 4.60. The Hall–Kier alpha value is -3.08. The Labute approximate surface area is 198 Å². The molecule has 0 saturated carbocycles. The van der Waals surface area contributed by atoms with Crippen molar-refractivity contribution in [2.75, 3.05) is 93.6 Å². The molecule has 5 heterocycles. The first-order valence-electron chi connectivity index (χ1n) is 12.0. The van der Waals surface area contributed by atoms with E-state index in [1.807, 2.05) is 18.2 Å². The van der Waals surface area contributed by atoms with Gasteiger partial charge in [0.05, 0.1) is 39.6 Å². The van der Waals surface area contributed by atoms with E-state index in [2.05, 4.69) is 26.8 Å². The summed E-state index contributed by atoms with van der Waals surface area (Å²) in [5, 5.41) is 0. The maximum Gasteiger partial charge on any atom is 0.229 e. The molecule has 0 N–H and O–H groups in total. The van der Waals surface area contributed by atoms with Gasteiger partial charge in [0.15, 0.2) is 22.8 Å². The van der Waals surface area contributed by atoms with Crippen molar-refractivity contribution in [1.82, 2.24) is 19.9 Å². The molecule has 0 atom stereocenters. The minimum atomic E-state index is 0.624. The van der Waals surface area contributed by atoms with Crippen LogP contribution in [-0.4, -0.2) is 98.8 Å². The van der Waals surface area contributed by atoms with Gasteiger partial charge in [-0.05, 0) is 0 Å². The minimum Gasteiger partial charge on any atom is -0.378 e. The summed E-state index contributed by atoms with van der Waals surface area (Å²) < 4.78 is 16.8. The molecule has 3 aliphatic heterocycles. The van der Waals surface area contributed by atoms with Gasteiger partial charge in [0.25, 0.3) is 0 Å². The normalized spacial score (nSPS) is 19.6. The van der Waals surface area contributed by atoms with E-state index in [9.17, 15) is 0 Å². The molecule has 6 rings (SSSR count). The fraction of sp³-hybridized carbons (Fsp3) is 0.500. The number of benzene rings is 1. The second kappa shape index (κ2) is 9.65. The van der Waals surface area contributed by atoms with Crippen LogP contribution in [0.15, 0.2) is 30.3 Å². The molecule has 2 aromatic heterocycles. The van der Waals surface area contributed by atoms with Crippen LogP contribution in [0.25, 0.3) is 22.4 Å². The summed E-state index contributed by atoms with van der Waals surface area (Å²) >= 11 is 0. The largest absolute Gasteiger partial charge is 0.378 e. The summed E-state index contributed by atoms with van der Waals surface area (Å²) in [6, 6.07) is 10.2. The third-order valence-corrected chi connectivity index (χ3v) is 6.45. The average molecular weight is 464 g/mol. The van der Waals surface area contributed by atoms with Crippen molar-refractivity contribution in [3.63, 3.8) is 0 Å². The predicted molar refractivity (Wildman–Crippen MR) is 130 cm³/mol. The number of anilines is 3. The number of morpholine rings is 3. The lowest BCUT2D eigenvalue weighted by atomic mass is 10.1. The number of nitrogens with zero attached hydrogens (tertiary/aromatic N) is 7. The van der Waals surface area contributed by atoms with E-state index in [1.54, 1.807) is 0 Å². The highest BCUT2D eigenvalue weighted by Gasteiger charge is 2.26. The smallest absolute Gasteiger partial charge is 0.229 e. The quantitative estimate of drug-likeness (QED) is 0.568. The van der Waals surface area contributed by atoms with Crippen molar-refractivity contribution in [3.05, 3.63) is 30.3 Å². The summed E-state index contributed by atoms with van der Waals surface area (Å²) in [6.45, 7) is 8.65. The molecule has 0 amide bonds. The first kappa shape index (κ1) is 21.5. The highest BCUT2D eigenvalue weighted by atomic mass is 16.5. The van der Waals surface area contributed by atoms with Gasteiger partial charge < -0.3 is 28.9 Å². The Kier molecular flexibility index (Phi) is 6.09. The van der Waals surface area contributed by atoms with E-state index in [4.69, 9.17) is 34.1 Å². The Balaban J connectivity index is 1.54. The topological polar surface area (TPSA) is 89.0 Å². The number of fused-ring (bicyclic) bond motifs is 1. The Bertz CT molecular complexity index is 1130. The highest BCUT2D eigenvalue weighted by molar-refractivity contribution is 5.89. The average Bonchev–Trinajstić information content (AvgIpc) is 2.93. The lowest BCUT2D eigenvalue weighted by Gasteiger charge is -2.32. The van der Waals surface area contributed by atoms with Gasteiger partial charge in [0, 0.05) is 44.8 Å². The number of hydrogen-bond acceptors (Lipinski definition) is 10. The summed E-state index contributed by atoms with van der Waals surface area (Å²) in [7, 11) is 0. The highest BCUT2D eigenvalue weighted by Crippen LogP contribution is 2.33. The molecule has 0 aliphatic carbocycles. The standard InChI is InChI=1S/C24H29N7O3/c1-2-4-18(5-3-1)19-22(29-6-12-32-13-7-29)26-21-20(25-19)23(30-8-14-33-15-9-30)28-24(27-21)31-10-16-34-17-11-31/h1-5H,6-17H2. The molecule has 3 fully saturated rings. The van der Waals surface area contributed by atoms with Crippen molar-refractivity contribution in [2.24, 2.45) is 0 Å². The van der Waals surface area contributed by atoms with Crippen molar-refractivity contribution in [3.8, 4) is 11.3 Å². The van der Waals surface area contributed by atoms with Crippen LogP contribution in [0.1, 0.15) is 0 Å². The van der Waals surface area contributed by atoms with Gasteiger partial charge in [-0.25, -0.2) is 9.97 Å². The Morgan fingerprint density at radius 2 is 1.12 bits per heavy atom. The Morgan fingerprint density at radius 3 is 1.74 bits per heavy atom. The lowest BCUT2D eigenvalue weighted by Crippen LogP contribution is -2.40. The SMILES string of the molecule is c1ccc(-c2nc3c(N4CCOCC4)nc(N4CCOCC4)nc3nc2N2CCOCC2)cc1. The van der Waals surface area contributed by atoms with Crippen LogP contribution in [0.5, 0.6) is 0 Å². The monoisotopic (exact) mass is 463 g/mol. The van der Waals surface area contributed by atoms with Gasteiger partial charge >= 0.3 is 0 Å². The zero-order valence-electron chi connectivity index (χ0n) is 19.2. The molecule has 3 aliphatic rings. The van der Waals surface area contributed by atoms with Crippen molar-refractivity contribution in [2.45, 2.75) is 0 Å². The van der Waals surface area contributed by atoms with Crippen molar-refractivity contribution in [1.29, 1.82) is 0 Å². The fourth-order valence-electron chi connectivity index (χ4n) is 4.60. The molecule has 0 bridgehead atoms. The van der Waals surface area contributed by atoms with Gasteiger partial charge in [-0.15, -0.1) is 0 Å². The summed E-state index contributed by atoms with van der Waals surface area (Å²) in [4.78, 5) is 26.9. The molecule has 178 valence electrons. The van der Waals surface area contributed by atoms with E-state index in [0.717, 1.165) is 67.7 Å². The van der Waals surface area contributed by atoms with Crippen LogP contribution >= 0.6 is 0 Å². The Morgan fingerprint density at radius 1 is 0.559 bits per heavy atom. The molecular weight excluding hydrogens is 434 g/mol. The maximum absolute atomic E-state index is 5.60. The molecule has 3 saturated heterocycles. The molecule has 3 aromatic rings. The molecule has 10 heteroatoms. The van der Waals surface area contributed by atoms with Crippen LogP contribution < -0.4 is 14.7 Å². The second-order valence-electron chi connectivity index (χ2n) is 8.58. The first-order valence-corrected chi connectivity index (χ1v) is 12.0. The molecule has 0 radical (unpaired) electrons. The van der Waals surface area contributed by atoms with Gasteiger partial charge in [-0.1, -0.05) is 30.3 Å². The first-order chi connectivity index (χ1) is 16.9. The molecule has 0 unspecified atom stereocenters. The van der Waals surface area contributed by atoms with Gasteiger partial charge in [-0.2, -0.15) is 9.97 Å². The number of aromatic nitrogens is 4. The van der Waals surface area contributed by atoms with Gasteiger partial charge in [-0.3, -0.25) is 0 Å². The summed E-state index contributed by atoms with van der Waals surface area (Å²) in [6.07, 6.45) is 0. The number of hydrogen-bond donors (Lipinski definition) is 0. The van der Waals surface area contributed by atoms with Gasteiger partial charge in [0.2, 0.25) is 5.95 Å². The van der Waals surface area contributed by atoms with Crippen LogP contribution in [0.2, 0.25) is 0 Å². The maximum atomic E-state index is 5.60. The van der Waals surface area contributed by atoms with Crippen LogP contribution in [-0.2, 0) is 14.2 Å². The van der Waals surface area contributed by atoms with Crippen molar-refractivity contribution >= 4 is 28.7 Å². The van der Waals surface area contributed by atoms with E-state index in [1.165, 1.54) is 0 Å².